The number of aromatic nitrogens is 2. The van der Waals surface area contributed by atoms with Crippen LogP contribution in [0, 0.1) is 11.6 Å². The maximum Gasteiger partial charge on any atom is 0.338 e. The lowest BCUT2D eigenvalue weighted by Gasteiger charge is -2.38. The number of amidine groups is 2. The van der Waals surface area contributed by atoms with E-state index in [-0.39, 0.29) is 64.4 Å². The number of nitrogens with zero attached hydrogens (tertiary/aromatic N) is 12. The number of benzene rings is 4. The van der Waals surface area contributed by atoms with Gasteiger partial charge in [0.15, 0.2) is 27.7 Å². The zero-order valence-corrected chi connectivity index (χ0v) is 57.4. The SMILES string of the molecule is COC(=O)C1=C(CN2CCN3C(=O)N(c4ccc(N5CCOC[C@H]5C(=O)O)cc4)C[C@@H]3C2)NC(c2nccs2)=N[C@H]1c1ccc(F)cc1Cl.COC(=O)C1=C(CN2CCN3C(=O)N(c4ccc(N5CCOC[C@H]5CCC(=O)O)cc4)C[C@@H]3C2)NC(c2nccs2)=N[C@H]1c1ccc(F)cc1Cl. The minimum atomic E-state index is -0.945. The van der Waals surface area contributed by atoms with Crippen molar-refractivity contribution in [2.24, 2.45) is 9.98 Å². The molecule has 4 aromatic carbocycles. The maximum atomic E-state index is 14.0. The van der Waals surface area contributed by atoms with E-state index in [1.165, 1.54) is 73.3 Å². The van der Waals surface area contributed by atoms with E-state index in [9.17, 15) is 47.8 Å². The van der Waals surface area contributed by atoms with Crippen molar-refractivity contribution in [3.8, 4) is 0 Å². The summed E-state index contributed by atoms with van der Waals surface area (Å²) >= 11 is 15.8. The third-order valence-corrected chi connectivity index (χ3v) is 21.0. The van der Waals surface area contributed by atoms with E-state index < -0.39 is 53.6 Å². The minimum Gasteiger partial charge on any atom is -0.481 e. The number of urea groups is 2. The Kier molecular flexibility index (Phi) is 21.1. The molecule has 6 aromatic rings. The van der Waals surface area contributed by atoms with Crippen LogP contribution in [0.25, 0.3) is 0 Å². The first-order valence-electron chi connectivity index (χ1n) is 32.4. The molecule has 0 radical (unpaired) electrons. The number of hydrogen-bond donors (Lipinski definition) is 4. The molecule has 14 rings (SSSR count). The number of carbonyl (C=O) groups is 6. The second-order valence-electron chi connectivity index (χ2n) is 24.7. The van der Waals surface area contributed by atoms with Gasteiger partial charge in [0.1, 0.15) is 23.7 Å². The van der Waals surface area contributed by atoms with Crippen LogP contribution in [0.4, 0.5) is 41.1 Å². The van der Waals surface area contributed by atoms with Crippen LogP contribution in [0.3, 0.4) is 0 Å². The van der Waals surface area contributed by atoms with Gasteiger partial charge in [0.2, 0.25) is 0 Å². The number of carboxylic acid groups (broad SMARTS) is 2. The largest absolute Gasteiger partial charge is 0.481 e. The molecule has 6 fully saturated rings. The number of halogens is 4. The van der Waals surface area contributed by atoms with Crippen molar-refractivity contribution < 1.29 is 66.7 Å². The van der Waals surface area contributed by atoms with Gasteiger partial charge in [-0.05, 0) is 79.2 Å². The van der Waals surface area contributed by atoms with Crippen LogP contribution in [0.2, 0.25) is 10.0 Å². The first kappa shape index (κ1) is 69.3. The average Bonchev–Trinajstić information content (AvgIpc) is 1.21. The molecule has 2 aromatic heterocycles. The number of rotatable bonds is 18. The normalized spacial score (nSPS) is 22.7. The van der Waals surface area contributed by atoms with Crippen LogP contribution in [0.1, 0.15) is 46.1 Å². The number of piperazine rings is 2. The minimum absolute atomic E-state index is 0.0329. The fraction of sp³-hybridized carbons (Fsp3) is 0.382. The van der Waals surface area contributed by atoms with E-state index in [1.54, 1.807) is 27.1 Å². The standard InChI is InChI=1S/C35H37ClFN7O6S.C33H33ClFN7O6S/c1-49-34(47)30-28(39-32(33-38-10-15-51-33)40-31(30)26-8-2-21(37)16-27(26)36)19-41-11-12-43-25(17-41)18-44(35(43)48)23-5-3-22(4-6-23)42-13-14-50-20-24(42)7-9-29(45)46;1-47-32(45)27-25(37-29(30-36-8-13-49-30)38-28(27)23-7-2-19(35)14-24(23)34)17-39-9-10-41-22(15-39)16-42(33(41)46)21-5-3-20(4-6-21)40-11-12-48-18-26(40)31(43)44/h2-6,8,10,15-16,24-25,31H,7,9,11-14,17-20H2,1H3,(H,39,40)(H,45,46);2-8,13-14,22,26,28H,9-12,15-18H2,1H3,(H,37,38)(H,43,44)/t24-,25+,31+;22-,26-,28-/m10/s1. The van der Waals surface area contributed by atoms with Crippen LogP contribution in [-0.4, -0.2) is 231 Å². The number of ether oxygens (including phenoxy) is 4. The Morgan fingerprint density at radius 1 is 0.590 bits per heavy atom. The van der Waals surface area contributed by atoms with Crippen LogP contribution >= 0.6 is 45.9 Å². The summed E-state index contributed by atoms with van der Waals surface area (Å²) in [5, 5.41) is 30.6. The molecule has 4 amide bonds. The number of esters is 2. The molecule has 4 N–H and O–H groups in total. The first-order valence-corrected chi connectivity index (χ1v) is 34.9. The highest BCUT2D eigenvalue weighted by Crippen LogP contribution is 2.40. The predicted octanol–water partition coefficient (Wildman–Crippen LogP) is 7.52. The number of thiazole rings is 2. The van der Waals surface area contributed by atoms with Crippen LogP contribution < -0.4 is 30.2 Å². The molecule has 0 saturated carbocycles. The molecule has 8 aliphatic heterocycles. The van der Waals surface area contributed by atoms with Crippen LogP contribution in [0.5, 0.6) is 0 Å². The summed E-state index contributed by atoms with van der Waals surface area (Å²) in [6, 6.07) is 20.3. The van der Waals surface area contributed by atoms with Crippen molar-refractivity contribution in [2.45, 2.75) is 49.1 Å². The number of carboxylic acids is 2. The molecule has 524 valence electrons. The lowest BCUT2D eigenvalue weighted by Crippen LogP contribution is -2.53. The van der Waals surface area contributed by atoms with Crippen LogP contribution in [-0.2, 0) is 38.1 Å². The zero-order chi connectivity index (χ0) is 69.9. The highest BCUT2D eigenvalue weighted by molar-refractivity contribution is 7.12. The molecule has 26 nitrogen and oxygen atoms in total. The molecule has 0 bridgehead atoms. The second kappa shape index (κ2) is 30.4. The summed E-state index contributed by atoms with van der Waals surface area (Å²) in [5.41, 5.74) is 5.80. The van der Waals surface area contributed by atoms with Crippen molar-refractivity contribution in [3.05, 3.63) is 173 Å². The van der Waals surface area contributed by atoms with Crippen molar-refractivity contribution >= 4 is 116 Å². The summed E-state index contributed by atoms with van der Waals surface area (Å²) < 4.78 is 49.5. The average molecular weight is 1450 g/mol. The van der Waals surface area contributed by atoms with Gasteiger partial charge in [-0.1, -0.05) is 35.3 Å². The highest BCUT2D eigenvalue weighted by atomic mass is 35.5. The van der Waals surface area contributed by atoms with Gasteiger partial charge in [0, 0.05) is 163 Å². The number of carbonyl (C=O) groups excluding carboxylic acids is 4. The van der Waals surface area contributed by atoms with E-state index >= 15 is 0 Å². The van der Waals surface area contributed by atoms with Crippen LogP contribution in [0.15, 0.2) is 141 Å². The third-order valence-electron chi connectivity index (χ3n) is 18.8. The number of fused-ring (bicyclic) bond motifs is 2. The first-order chi connectivity index (χ1) is 48.4. The molecule has 100 heavy (non-hydrogen) atoms. The second-order valence-corrected chi connectivity index (χ2v) is 27.3. The molecular weight excluding hydrogens is 1380 g/mol. The Hall–Kier alpha value is -9.14. The molecule has 0 unspecified atom stereocenters. The molecule has 6 saturated heterocycles. The van der Waals surface area contributed by atoms with E-state index in [0.29, 0.717) is 149 Å². The Balaban J connectivity index is 0.000000179. The van der Waals surface area contributed by atoms with Gasteiger partial charge in [-0.3, -0.25) is 34.4 Å². The predicted molar refractivity (Wildman–Crippen MR) is 371 cm³/mol. The smallest absolute Gasteiger partial charge is 0.338 e. The molecular formula is C68H70Cl2F2N14O12S2. The molecule has 8 aliphatic rings. The number of nitrogens with one attached hydrogen (secondary N) is 2. The number of amides is 4. The number of anilines is 4. The number of hydrogen-bond acceptors (Lipinski definition) is 22. The summed E-state index contributed by atoms with van der Waals surface area (Å²) in [7, 11) is 2.60. The summed E-state index contributed by atoms with van der Waals surface area (Å²) in [6.07, 6.45) is 3.89. The van der Waals surface area contributed by atoms with E-state index in [4.69, 9.17) is 52.1 Å². The van der Waals surface area contributed by atoms with Crippen molar-refractivity contribution in [1.82, 2.24) is 40.2 Å². The highest BCUT2D eigenvalue weighted by Gasteiger charge is 2.45. The fourth-order valence-electron chi connectivity index (χ4n) is 13.9. The summed E-state index contributed by atoms with van der Waals surface area (Å²) in [5.74, 6) is -3.04. The summed E-state index contributed by atoms with van der Waals surface area (Å²) in [6.45, 7) is 7.51. The van der Waals surface area contributed by atoms with Gasteiger partial charge in [-0.25, -0.2) is 42.7 Å². The summed E-state index contributed by atoms with van der Waals surface area (Å²) in [4.78, 5) is 111. The molecule has 0 spiro atoms. The fourth-order valence-corrected chi connectivity index (χ4v) is 15.7. The maximum absolute atomic E-state index is 14.0. The van der Waals surface area contributed by atoms with E-state index in [2.05, 4.69) is 35.3 Å². The van der Waals surface area contributed by atoms with Crippen molar-refractivity contribution in [2.75, 3.05) is 139 Å². The Morgan fingerprint density at radius 2 is 1.04 bits per heavy atom. The lowest BCUT2D eigenvalue weighted by molar-refractivity contribution is -0.141. The Morgan fingerprint density at radius 3 is 1.47 bits per heavy atom. The monoisotopic (exact) mass is 1450 g/mol. The van der Waals surface area contributed by atoms with Gasteiger partial charge in [-0.2, -0.15) is 0 Å². The van der Waals surface area contributed by atoms with Gasteiger partial charge in [-0.15, -0.1) is 22.7 Å². The van der Waals surface area contributed by atoms with Gasteiger partial charge in [0.05, 0.1) is 69.9 Å². The van der Waals surface area contributed by atoms with Gasteiger partial charge < -0.3 is 59.4 Å². The number of aliphatic imine (C=N–C) groups is 2. The Labute approximate surface area is 591 Å². The molecule has 0 aliphatic carbocycles. The Bertz CT molecular complexity index is 4210. The lowest BCUT2D eigenvalue weighted by atomic mass is 9.95. The molecule has 32 heteroatoms. The third kappa shape index (κ3) is 14.7. The number of aliphatic carboxylic acids is 2. The van der Waals surface area contributed by atoms with E-state index in [0.717, 1.165) is 22.7 Å². The van der Waals surface area contributed by atoms with Gasteiger partial charge >= 0.3 is 35.9 Å². The number of methoxy groups -OCH3 is 2. The number of morpholine rings is 2. The quantitative estimate of drug-likeness (QED) is 0.0605. The topological polar surface area (TPSA) is 280 Å². The molecule has 6 atom stereocenters. The zero-order valence-electron chi connectivity index (χ0n) is 54.3. The van der Waals surface area contributed by atoms with E-state index in [1.807, 2.05) is 69.1 Å². The van der Waals surface area contributed by atoms with Gasteiger partial charge in [0.25, 0.3) is 0 Å². The van der Waals surface area contributed by atoms with Crippen molar-refractivity contribution in [3.63, 3.8) is 0 Å². The molecule has 10 heterocycles. The van der Waals surface area contributed by atoms with Crippen molar-refractivity contribution in [1.29, 1.82) is 0 Å².